The van der Waals surface area contributed by atoms with Crippen molar-refractivity contribution in [1.82, 2.24) is 9.80 Å². The van der Waals surface area contributed by atoms with Gasteiger partial charge in [-0.15, -0.1) is 0 Å². The highest BCUT2D eigenvalue weighted by Crippen LogP contribution is 2.41. The largest absolute Gasteiger partial charge is 0.493 e. The Hall–Kier alpha value is -3.35. The van der Waals surface area contributed by atoms with Gasteiger partial charge in [0.25, 0.3) is 11.8 Å². The first-order valence-electron chi connectivity index (χ1n) is 12.4. The lowest BCUT2D eigenvalue weighted by Crippen LogP contribution is -2.49. The van der Waals surface area contributed by atoms with Gasteiger partial charge in [-0.3, -0.25) is 19.3 Å². The minimum Gasteiger partial charge on any atom is -0.493 e. The Morgan fingerprint density at radius 1 is 0.971 bits per heavy atom. The van der Waals surface area contributed by atoms with Crippen LogP contribution in [0, 0.1) is 11.8 Å². The fraction of sp³-hybridized carbons (Fsp3) is 0.464. The van der Waals surface area contributed by atoms with Gasteiger partial charge in [0.1, 0.15) is 0 Å². The van der Waals surface area contributed by atoms with E-state index in [1.807, 2.05) is 17.0 Å². The van der Waals surface area contributed by atoms with Crippen LogP contribution in [0.15, 0.2) is 36.4 Å². The zero-order valence-electron chi connectivity index (χ0n) is 20.6. The third-order valence-corrected chi connectivity index (χ3v) is 7.95. The minimum atomic E-state index is -0.442. The van der Waals surface area contributed by atoms with Crippen molar-refractivity contribution >= 4 is 17.7 Å². The summed E-state index contributed by atoms with van der Waals surface area (Å²) in [4.78, 5) is 43.5. The summed E-state index contributed by atoms with van der Waals surface area (Å²) in [6, 6.07) is 10.3. The standard InChI is InChI=1S/C28H32N2O5/c1-17-8-4-5-9-19(17)26(31)29-13-12-18-14-24(34-2)25(35-3)15-22(18)23(29)16-30-27(32)20-10-6-7-11-21(20)28(30)33/h6-7,10-11,14-15,17,19,23H,4-5,8-9,12-13,16H2,1-3H3/t17?,19-,23+/m1/s1. The lowest BCUT2D eigenvalue weighted by Gasteiger charge is -2.42. The molecule has 0 spiro atoms. The van der Waals surface area contributed by atoms with E-state index in [0.717, 1.165) is 36.8 Å². The molecular weight excluding hydrogens is 444 g/mol. The molecule has 2 aromatic rings. The van der Waals surface area contributed by atoms with Gasteiger partial charge < -0.3 is 14.4 Å². The zero-order chi connectivity index (χ0) is 24.7. The van der Waals surface area contributed by atoms with Crippen molar-refractivity contribution in [2.45, 2.75) is 45.1 Å². The molecular formula is C28H32N2O5. The summed E-state index contributed by atoms with van der Waals surface area (Å²) in [6.07, 6.45) is 4.83. The fourth-order valence-corrected chi connectivity index (χ4v) is 5.96. The molecule has 5 rings (SSSR count). The summed E-state index contributed by atoms with van der Waals surface area (Å²) >= 11 is 0. The van der Waals surface area contributed by atoms with Crippen molar-refractivity contribution in [3.8, 4) is 11.5 Å². The quantitative estimate of drug-likeness (QED) is 0.603. The van der Waals surface area contributed by atoms with Gasteiger partial charge >= 0.3 is 0 Å². The van der Waals surface area contributed by atoms with Crippen molar-refractivity contribution in [3.63, 3.8) is 0 Å². The van der Waals surface area contributed by atoms with Crippen LogP contribution in [-0.4, -0.2) is 54.8 Å². The maximum atomic E-state index is 13.9. The van der Waals surface area contributed by atoms with E-state index in [1.165, 1.54) is 4.90 Å². The summed E-state index contributed by atoms with van der Waals surface area (Å²) in [6.45, 7) is 2.81. The molecule has 2 heterocycles. The topological polar surface area (TPSA) is 76.2 Å². The number of ether oxygens (including phenoxy) is 2. The second-order valence-corrected chi connectivity index (χ2v) is 9.84. The summed E-state index contributed by atoms with van der Waals surface area (Å²) < 4.78 is 11.1. The van der Waals surface area contributed by atoms with Crippen LogP contribution in [0.1, 0.15) is 70.5 Å². The predicted molar refractivity (Wildman–Crippen MR) is 131 cm³/mol. The number of carbonyl (C=O) groups excluding carboxylic acids is 3. The second kappa shape index (κ2) is 9.36. The maximum absolute atomic E-state index is 13.9. The van der Waals surface area contributed by atoms with Gasteiger partial charge in [-0.1, -0.05) is 31.9 Å². The Labute approximate surface area is 206 Å². The van der Waals surface area contributed by atoms with Crippen molar-refractivity contribution < 1.29 is 23.9 Å². The summed E-state index contributed by atoms with van der Waals surface area (Å²) in [5.41, 5.74) is 2.78. The van der Waals surface area contributed by atoms with Gasteiger partial charge in [-0.05, 0) is 60.6 Å². The second-order valence-electron chi connectivity index (χ2n) is 9.84. The van der Waals surface area contributed by atoms with Crippen molar-refractivity contribution in [3.05, 3.63) is 58.7 Å². The predicted octanol–water partition coefficient (Wildman–Crippen LogP) is 4.25. The molecule has 2 aromatic carbocycles. The van der Waals surface area contributed by atoms with E-state index in [-0.39, 0.29) is 30.2 Å². The van der Waals surface area contributed by atoms with Crippen LogP contribution < -0.4 is 9.47 Å². The molecule has 1 fully saturated rings. The number of imide groups is 1. The first-order valence-corrected chi connectivity index (χ1v) is 12.4. The highest BCUT2D eigenvalue weighted by atomic mass is 16.5. The minimum absolute atomic E-state index is 0.0323. The first kappa shape index (κ1) is 23.4. The molecule has 0 saturated heterocycles. The third-order valence-electron chi connectivity index (χ3n) is 7.95. The van der Waals surface area contributed by atoms with Crippen LogP contribution in [0.2, 0.25) is 0 Å². The molecule has 3 atom stereocenters. The van der Waals surface area contributed by atoms with Crippen LogP contribution in [0.5, 0.6) is 11.5 Å². The highest BCUT2D eigenvalue weighted by Gasteiger charge is 2.42. The average molecular weight is 477 g/mol. The third kappa shape index (κ3) is 3.97. The molecule has 7 heteroatoms. The molecule has 3 amide bonds. The van der Waals surface area contributed by atoms with E-state index in [0.29, 0.717) is 41.5 Å². The smallest absolute Gasteiger partial charge is 0.261 e. The number of benzene rings is 2. The number of hydrogen-bond acceptors (Lipinski definition) is 5. The van der Waals surface area contributed by atoms with Gasteiger partial charge in [-0.25, -0.2) is 0 Å². The normalized spacial score (nSPS) is 23.7. The van der Waals surface area contributed by atoms with Gasteiger partial charge in [0.05, 0.1) is 37.9 Å². The summed E-state index contributed by atoms with van der Waals surface area (Å²) in [5.74, 6) is 0.996. The molecule has 2 aliphatic heterocycles. The van der Waals surface area contributed by atoms with E-state index >= 15 is 0 Å². The summed E-state index contributed by atoms with van der Waals surface area (Å²) in [5, 5.41) is 0. The van der Waals surface area contributed by atoms with Crippen LogP contribution in [0.4, 0.5) is 0 Å². The number of carbonyl (C=O) groups is 3. The van der Waals surface area contributed by atoms with E-state index < -0.39 is 6.04 Å². The first-order chi connectivity index (χ1) is 16.9. The van der Waals surface area contributed by atoms with E-state index in [9.17, 15) is 14.4 Å². The molecule has 0 bridgehead atoms. The Morgan fingerprint density at radius 2 is 1.60 bits per heavy atom. The molecule has 1 unspecified atom stereocenters. The van der Waals surface area contributed by atoms with Crippen molar-refractivity contribution in [2.24, 2.45) is 11.8 Å². The number of hydrogen-bond donors (Lipinski definition) is 0. The molecule has 35 heavy (non-hydrogen) atoms. The number of fused-ring (bicyclic) bond motifs is 2. The molecule has 1 aliphatic carbocycles. The Kier molecular flexibility index (Phi) is 6.26. The van der Waals surface area contributed by atoms with E-state index in [2.05, 4.69) is 6.92 Å². The Morgan fingerprint density at radius 3 is 2.23 bits per heavy atom. The van der Waals surface area contributed by atoms with Gasteiger partial charge in [0.2, 0.25) is 5.91 Å². The number of nitrogens with zero attached hydrogens (tertiary/aromatic N) is 2. The SMILES string of the molecule is COc1cc2c(cc1OC)[C@H](CN1C(=O)c3ccccc3C1=O)N(C(=O)[C@@H]1CCCCC1C)CC2. The van der Waals surface area contributed by atoms with E-state index in [4.69, 9.17) is 9.47 Å². The molecule has 0 radical (unpaired) electrons. The Balaban J connectivity index is 1.54. The van der Waals surface area contributed by atoms with Crippen LogP contribution >= 0.6 is 0 Å². The monoisotopic (exact) mass is 476 g/mol. The van der Waals surface area contributed by atoms with E-state index in [1.54, 1.807) is 38.5 Å². The number of amides is 3. The molecule has 0 aromatic heterocycles. The molecule has 3 aliphatic rings. The summed E-state index contributed by atoms with van der Waals surface area (Å²) in [7, 11) is 3.18. The molecule has 0 N–H and O–H groups in total. The van der Waals surface area contributed by atoms with Crippen LogP contribution in [0.3, 0.4) is 0 Å². The lowest BCUT2D eigenvalue weighted by molar-refractivity contribution is -0.141. The zero-order valence-corrected chi connectivity index (χ0v) is 20.6. The van der Waals surface area contributed by atoms with Gasteiger partial charge in [-0.2, -0.15) is 0 Å². The average Bonchev–Trinajstić information content (AvgIpc) is 3.12. The van der Waals surface area contributed by atoms with Crippen molar-refractivity contribution in [2.75, 3.05) is 27.3 Å². The van der Waals surface area contributed by atoms with Crippen molar-refractivity contribution in [1.29, 1.82) is 0 Å². The fourth-order valence-electron chi connectivity index (χ4n) is 5.96. The number of rotatable bonds is 5. The maximum Gasteiger partial charge on any atom is 0.261 e. The highest BCUT2D eigenvalue weighted by molar-refractivity contribution is 6.21. The number of methoxy groups -OCH3 is 2. The van der Waals surface area contributed by atoms with Crippen LogP contribution in [0.25, 0.3) is 0 Å². The Bertz CT molecular complexity index is 1140. The molecule has 184 valence electrons. The van der Waals surface area contributed by atoms with Gasteiger partial charge in [0, 0.05) is 12.5 Å². The molecule has 7 nitrogen and oxygen atoms in total. The molecule has 1 saturated carbocycles. The lowest BCUT2D eigenvalue weighted by atomic mass is 9.78. The van der Waals surface area contributed by atoms with Gasteiger partial charge in [0.15, 0.2) is 11.5 Å². The van der Waals surface area contributed by atoms with Crippen LogP contribution in [-0.2, 0) is 11.2 Å².